The summed E-state index contributed by atoms with van der Waals surface area (Å²) in [7, 11) is 0. The van der Waals surface area contributed by atoms with E-state index in [0.29, 0.717) is 11.3 Å². The number of thioether (sulfide) groups is 1. The quantitative estimate of drug-likeness (QED) is 0.695. The van der Waals surface area contributed by atoms with E-state index >= 15 is 0 Å². The molecule has 2 atom stereocenters. The number of aliphatic carboxylic acids is 1. The standard InChI is InChI=1S/C11H16N2O3S/c1-6(8-3-12-4-8)10(14)13-7(2)17-5-9(13)11(15)16/h7,9,12H,3-5H2,1-2H3,(H,15,16). The van der Waals surface area contributed by atoms with E-state index in [9.17, 15) is 9.59 Å². The molecule has 0 aromatic carbocycles. The van der Waals surface area contributed by atoms with Crippen LogP contribution in [0.1, 0.15) is 13.8 Å². The number of rotatable bonds is 2. The zero-order valence-corrected chi connectivity index (χ0v) is 10.7. The van der Waals surface area contributed by atoms with Gasteiger partial charge < -0.3 is 15.3 Å². The second kappa shape index (κ2) is 4.70. The third-order valence-electron chi connectivity index (χ3n) is 3.27. The van der Waals surface area contributed by atoms with Gasteiger partial charge in [-0.25, -0.2) is 4.79 Å². The molecular weight excluding hydrogens is 240 g/mol. The Morgan fingerprint density at radius 1 is 1.47 bits per heavy atom. The molecule has 0 bridgehead atoms. The lowest BCUT2D eigenvalue weighted by Crippen LogP contribution is -2.46. The van der Waals surface area contributed by atoms with E-state index in [1.165, 1.54) is 16.7 Å². The molecule has 2 heterocycles. The second-order valence-corrected chi connectivity index (χ2v) is 5.68. The van der Waals surface area contributed by atoms with Crippen LogP contribution >= 0.6 is 11.8 Å². The van der Waals surface area contributed by atoms with E-state index in [4.69, 9.17) is 5.11 Å². The van der Waals surface area contributed by atoms with Gasteiger partial charge >= 0.3 is 5.97 Å². The van der Waals surface area contributed by atoms with Crippen LogP contribution in [0.5, 0.6) is 0 Å². The molecule has 5 nitrogen and oxygen atoms in total. The lowest BCUT2D eigenvalue weighted by atomic mass is 10.0. The summed E-state index contributed by atoms with van der Waals surface area (Å²) in [5, 5.41) is 12.1. The van der Waals surface area contributed by atoms with Crippen LogP contribution in [0.4, 0.5) is 0 Å². The molecule has 2 unspecified atom stereocenters. The van der Waals surface area contributed by atoms with Gasteiger partial charge in [-0.1, -0.05) is 0 Å². The Hall–Kier alpha value is -1.01. The van der Waals surface area contributed by atoms with Gasteiger partial charge in [-0.2, -0.15) is 0 Å². The predicted octanol–water partition coefficient (Wildman–Crippen LogP) is 0.281. The van der Waals surface area contributed by atoms with Crippen molar-refractivity contribution in [2.24, 2.45) is 0 Å². The van der Waals surface area contributed by atoms with Gasteiger partial charge in [0.2, 0.25) is 0 Å². The minimum atomic E-state index is -0.917. The smallest absolute Gasteiger partial charge is 0.327 e. The fraction of sp³-hybridized carbons (Fsp3) is 0.636. The SMILES string of the molecule is CC(C(=O)N1C(C)SCC1C(=O)O)=C1CNC1. The van der Waals surface area contributed by atoms with E-state index in [1.54, 1.807) is 6.92 Å². The summed E-state index contributed by atoms with van der Waals surface area (Å²) < 4.78 is 0. The third kappa shape index (κ3) is 2.19. The molecule has 0 aromatic heterocycles. The van der Waals surface area contributed by atoms with Crippen molar-refractivity contribution in [2.45, 2.75) is 25.3 Å². The van der Waals surface area contributed by atoms with Gasteiger partial charge in [-0.15, -0.1) is 11.8 Å². The van der Waals surface area contributed by atoms with Crippen LogP contribution < -0.4 is 5.32 Å². The van der Waals surface area contributed by atoms with Crippen molar-refractivity contribution in [3.63, 3.8) is 0 Å². The van der Waals surface area contributed by atoms with Crippen molar-refractivity contribution in [1.82, 2.24) is 10.2 Å². The predicted molar refractivity (Wildman–Crippen MR) is 65.8 cm³/mol. The van der Waals surface area contributed by atoms with Crippen molar-refractivity contribution in [3.05, 3.63) is 11.1 Å². The molecule has 2 rings (SSSR count). The Morgan fingerprint density at radius 2 is 2.12 bits per heavy atom. The molecule has 17 heavy (non-hydrogen) atoms. The van der Waals surface area contributed by atoms with Gasteiger partial charge in [-0.3, -0.25) is 4.79 Å². The highest BCUT2D eigenvalue weighted by Crippen LogP contribution is 2.30. The van der Waals surface area contributed by atoms with E-state index in [2.05, 4.69) is 5.32 Å². The molecule has 2 N–H and O–H groups in total. The highest BCUT2D eigenvalue weighted by Gasteiger charge is 2.40. The summed E-state index contributed by atoms with van der Waals surface area (Å²) in [4.78, 5) is 24.9. The zero-order valence-electron chi connectivity index (χ0n) is 9.90. The van der Waals surface area contributed by atoms with Gasteiger partial charge in [-0.05, 0) is 19.4 Å². The van der Waals surface area contributed by atoms with Crippen molar-refractivity contribution in [3.8, 4) is 0 Å². The Balaban J connectivity index is 2.19. The van der Waals surface area contributed by atoms with Crippen molar-refractivity contribution >= 4 is 23.6 Å². The number of nitrogens with zero attached hydrogens (tertiary/aromatic N) is 1. The summed E-state index contributed by atoms with van der Waals surface area (Å²) in [6.45, 7) is 5.14. The average Bonchev–Trinajstić information content (AvgIpc) is 2.56. The number of hydrogen-bond donors (Lipinski definition) is 2. The molecule has 6 heteroatoms. The highest BCUT2D eigenvalue weighted by molar-refractivity contribution is 8.00. The van der Waals surface area contributed by atoms with E-state index in [0.717, 1.165) is 18.7 Å². The van der Waals surface area contributed by atoms with Crippen LogP contribution in [0.3, 0.4) is 0 Å². The van der Waals surface area contributed by atoms with E-state index < -0.39 is 12.0 Å². The van der Waals surface area contributed by atoms with Crippen LogP contribution in [0.15, 0.2) is 11.1 Å². The normalized spacial score (nSPS) is 27.9. The maximum Gasteiger partial charge on any atom is 0.327 e. The summed E-state index contributed by atoms with van der Waals surface area (Å²) in [5.41, 5.74) is 1.78. The van der Waals surface area contributed by atoms with Crippen molar-refractivity contribution < 1.29 is 14.7 Å². The summed E-state index contributed by atoms with van der Waals surface area (Å²) in [5.74, 6) is -0.575. The number of carbonyl (C=O) groups is 2. The first-order valence-corrected chi connectivity index (χ1v) is 6.63. The first kappa shape index (κ1) is 12.4. The Labute approximate surface area is 104 Å². The zero-order chi connectivity index (χ0) is 12.6. The van der Waals surface area contributed by atoms with Crippen molar-refractivity contribution in [1.29, 1.82) is 0 Å². The first-order chi connectivity index (χ1) is 8.02. The maximum absolute atomic E-state index is 12.3. The average molecular weight is 256 g/mol. The number of hydrogen-bond acceptors (Lipinski definition) is 4. The molecule has 0 aromatic rings. The first-order valence-electron chi connectivity index (χ1n) is 5.58. The molecule has 94 valence electrons. The second-order valence-electron chi connectivity index (χ2n) is 4.33. The molecule has 0 saturated carbocycles. The number of carboxylic acid groups (broad SMARTS) is 1. The molecule has 0 radical (unpaired) electrons. The molecular formula is C11H16N2O3S. The molecule has 2 saturated heterocycles. The molecule has 2 aliphatic heterocycles. The Kier molecular flexibility index (Phi) is 3.44. The maximum atomic E-state index is 12.3. The molecule has 2 aliphatic rings. The Morgan fingerprint density at radius 3 is 2.59 bits per heavy atom. The number of carboxylic acids is 1. The molecule has 1 amide bonds. The van der Waals surface area contributed by atoms with Gasteiger partial charge in [0.1, 0.15) is 6.04 Å². The lowest BCUT2D eigenvalue weighted by molar-refractivity contribution is -0.147. The topological polar surface area (TPSA) is 69.6 Å². The molecule has 0 aliphatic carbocycles. The van der Waals surface area contributed by atoms with Crippen LogP contribution in [0.2, 0.25) is 0 Å². The largest absolute Gasteiger partial charge is 0.480 e. The van der Waals surface area contributed by atoms with Crippen LogP contribution in [0, 0.1) is 0 Å². The van der Waals surface area contributed by atoms with Crippen LogP contribution in [-0.2, 0) is 9.59 Å². The molecule has 2 fully saturated rings. The number of carbonyl (C=O) groups excluding carboxylic acids is 1. The lowest BCUT2D eigenvalue weighted by Gasteiger charge is -2.28. The fourth-order valence-corrected chi connectivity index (χ4v) is 3.17. The van der Waals surface area contributed by atoms with Gasteiger partial charge in [0, 0.05) is 24.4 Å². The monoisotopic (exact) mass is 256 g/mol. The van der Waals surface area contributed by atoms with Gasteiger partial charge in [0.15, 0.2) is 0 Å². The summed E-state index contributed by atoms with van der Waals surface area (Å²) in [6.07, 6.45) is 0. The van der Waals surface area contributed by atoms with Gasteiger partial charge in [0.25, 0.3) is 5.91 Å². The fourth-order valence-electron chi connectivity index (χ4n) is 2.00. The summed E-state index contributed by atoms with van der Waals surface area (Å²) in [6, 6.07) is -0.689. The van der Waals surface area contributed by atoms with Crippen LogP contribution in [0.25, 0.3) is 0 Å². The third-order valence-corrected chi connectivity index (χ3v) is 4.49. The Bertz CT molecular complexity index is 388. The number of amides is 1. The molecule has 0 spiro atoms. The van der Waals surface area contributed by atoms with Crippen molar-refractivity contribution in [2.75, 3.05) is 18.8 Å². The minimum Gasteiger partial charge on any atom is -0.480 e. The van der Waals surface area contributed by atoms with E-state index in [1.807, 2.05) is 6.92 Å². The highest BCUT2D eigenvalue weighted by atomic mass is 32.2. The van der Waals surface area contributed by atoms with Crippen LogP contribution in [-0.4, -0.2) is 52.1 Å². The minimum absolute atomic E-state index is 0.0628. The summed E-state index contributed by atoms with van der Waals surface area (Å²) >= 11 is 1.51. The number of nitrogens with one attached hydrogen (secondary N) is 1. The van der Waals surface area contributed by atoms with E-state index in [-0.39, 0.29) is 11.3 Å². The van der Waals surface area contributed by atoms with Gasteiger partial charge in [0.05, 0.1) is 5.37 Å².